The number of carbonyl (C=O) groups excluding carboxylic acids is 1. The summed E-state index contributed by atoms with van der Waals surface area (Å²) in [4.78, 5) is 40.7. The van der Waals surface area contributed by atoms with Crippen molar-refractivity contribution in [2.45, 2.75) is 6.54 Å². The van der Waals surface area contributed by atoms with Gasteiger partial charge >= 0.3 is 0 Å². The first-order valence-electron chi connectivity index (χ1n) is 8.70. The third kappa shape index (κ3) is 3.93. The number of aromatic nitrogens is 2. The second kappa shape index (κ2) is 8.05. The van der Waals surface area contributed by atoms with Crippen molar-refractivity contribution in [3.05, 3.63) is 86.4 Å². The second-order valence-electron chi connectivity index (χ2n) is 6.34. The van der Waals surface area contributed by atoms with Gasteiger partial charge in [0, 0.05) is 16.6 Å². The molecule has 0 saturated heterocycles. The quantitative estimate of drug-likeness (QED) is 0.367. The number of rotatable bonds is 5. The van der Waals surface area contributed by atoms with Gasteiger partial charge in [0.15, 0.2) is 0 Å². The summed E-state index contributed by atoms with van der Waals surface area (Å²) in [6.45, 7) is -0.281. The van der Waals surface area contributed by atoms with Gasteiger partial charge in [-0.2, -0.15) is 0 Å². The second-order valence-corrected chi connectivity index (χ2v) is 7.80. The molecule has 1 amide bonds. The summed E-state index contributed by atoms with van der Waals surface area (Å²) in [6, 6.07) is 15.4. The minimum atomic E-state index is -0.637. The van der Waals surface area contributed by atoms with Crippen LogP contribution in [0.4, 0.5) is 11.4 Å². The molecule has 2 aromatic heterocycles. The molecule has 0 atom stereocenters. The zero-order valence-electron chi connectivity index (χ0n) is 15.2. The van der Waals surface area contributed by atoms with Crippen LogP contribution in [0.2, 0.25) is 5.02 Å². The van der Waals surface area contributed by atoms with Crippen LogP contribution in [0, 0.1) is 10.1 Å². The van der Waals surface area contributed by atoms with Gasteiger partial charge in [-0.1, -0.05) is 41.9 Å². The number of nitrogens with zero attached hydrogens (tertiary/aromatic N) is 3. The predicted octanol–water partition coefficient (Wildman–Crippen LogP) is 4.33. The van der Waals surface area contributed by atoms with Crippen molar-refractivity contribution in [2.24, 2.45) is 0 Å². The number of halogens is 1. The van der Waals surface area contributed by atoms with Crippen molar-refractivity contribution in [1.29, 1.82) is 0 Å². The number of nitro benzene ring substituents is 1. The Morgan fingerprint density at radius 3 is 2.70 bits per heavy atom. The molecule has 2 heterocycles. The number of anilines is 1. The van der Waals surface area contributed by atoms with Crippen LogP contribution in [0.25, 0.3) is 20.7 Å². The van der Waals surface area contributed by atoms with Crippen LogP contribution in [-0.2, 0) is 11.3 Å². The molecule has 0 radical (unpaired) electrons. The van der Waals surface area contributed by atoms with Crippen LogP contribution in [0.5, 0.6) is 0 Å². The number of amides is 1. The van der Waals surface area contributed by atoms with Gasteiger partial charge in [0.05, 0.1) is 16.8 Å². The Morgan fingerprint density at radius 2 is 1.97 bits per heavy atom. The molecular weight excluding hydrogens is 428 g/mol. The molecule has 4 rings (SSSR count). The number of hydrogen-bond donors (Lipinski definition) is 1. The van der Waals surface area contributed by atoms with Crippen molar-refractivity contribution in [2.75, 3.05) is 5.32 Å². The Morgan fingerprint density at radius 1 is 1.20 bits per heavy atom. The van der Waals surface area contributed by atoms with Crippen molar-refractivity contribution < 1.29 is 9.72 Å². The third-order valence-electron chi connectivity index (χ3n) is 4.30. The lowest BCUT2D eigenvalue weighted by Gasteiger charge is -2.07. The van der Waals surface area contributed by atoms with E-state index in [1.54, 1.807) is 0 Å². The molecule has 30 heavy (non-hydrogen) atoms. The highest BCUT2D eigenvalue weighted by molar-refractivity contribution is 7.22. The monoisotopic (exact) mass is 440 g/mol. The molecule has 0 bridgehead atoms. The average Bonchev–Trinajstić information content (AvgIpc) is 3.17. The van der Waals surface area contributed by atoms with Gasteiger partial charge in [-0.05, 0) is 23.8 Å². The summed E-state index contributed by atoms with van der Waals surface area (Å²) in [6.07, 6.45) is 1.32. The van der Waals surface area contributed by atoms with Crippen LogP contribution in [0.1, 0.15) is 0 Å². The number of benzene rings is 2. The molecule has 4 aromatic rings. The van der Waals surface area contributed by atoms with E-state index in [0.717, 1.165) is 16.5 Å². The van der Waals surface area contributed by atoms with Crippen molar-refractivity contribution in [3.8, 4) is 10.4 Å². The number of hydrogen-bond acceptors (Lipinski definition) is 6. The predicted molar refractivity (Wildman–Crippen MR) is 116 cm³/mol. The van der Waals surface area contributed by atoms with E-state index in [1.807, 2.05) is 36.4 Å². The van der Waals surface area contributed by atoms with E-state index >= 15 is 0 Å². The lowest BCUT2D eigenvalue weighted by Crippen LogP contribution is -2.27. The maximum atomic E-state index is 12.8. The van der Waals surface area contributed by atoms with Crippen LogP contribution in [0.3, 0.4) is 0 Å². The maximum Gasteiger partial charge on any atom is 0.289 e. The molecule has 0 fully saturated rings. The summed E-state index contributed by atoms with van der Waals surface area (Å²) in [5.41, 5.74) is 1.11. The molecule has 8 nitrogen and oxygen atoms in total. The third-order valence-corrected chi connectivity index (χ3v) is 5.78. The molecule has 0 unspecified atom stereocenters. The topological polar surface area (TPSA) is 107 Å². The fraction of sp³-hybridized carbons (Fsp3) is 0.0500. The first kappa shape index (κ1) is 19.7. The van der Waals surface area contributed by atoms with Gasteiger partial charge in [0.2, 0.25) is 5.91 Å². The normalized spacial score (nSPS) is 10.8. The number of nitro groups is 1. The summed E-state index contributed by atoms with van der Waals surface area (Å²) >= 11 is 7.08. The fourth-order valence-electron chi connectivity index (χ4n) is 2.89. The highest BCUT2D eigenvalue weighted by atomic mass is 35.5. The standard InChI is InChI=1S/C20H13ClN4O4S/c21-14-7-6-13(8-16(14)25(28)29)23-18(26)10-24-11-22-15-9-17(30-19(15)20(24)27)12-4-2-1-3-5-12/h1-9,11H,10H2,(H,23,26). The van der Waals surface area contributed by atoms with Gasteiger partial charge in [-0.15, -0.1) is 11.3 Å². The molecule has 0 aliphatic heterocycles. The zero-order chi connectivity index (χ0) is 21.3. The van der Waals surface area contributed by atoms with Gasteiger partial charge in [0.25, 0.3) is 11.2 Å². The van der Waals surface area contributed by atoms with Crippen molar-refractivity contribution in [1.82, 2.24) is 9.55 Å². The van der Waals surface area contributed by atoms with Gasteiger partial charge in [-0.3, -0.25) is 24.3 Å². The summed E-state index contributed by atoms with van der Waals surface area (Å²) in [5, 5.41) is 13.5. The number of carbonyl (C=O) groups is 1. The zero-order valence-corrected chi connectivity index (χ0v) is 16.8. The SMILES string of the molecule is O=C(Cn1cnc2cc(-c3ccccc3)sc2c1=O)Nc1ccc(Cl)c([N+](=O)[O-])c1. The van der Waals surface area contributed by atoms with E-state index in [-0.39, 0.29) is 28.5 Å². The number of fused-ring (bicyclic) bond motifs is 1. The molecule has 0 aliphatic rings. The van der Waals surface area contributed by atoms with E-state index in [9.17, 15) is 19.7 Å². The summed E-state index contributed by atoms with van der Waals surface area (Å²) in [5.74, 6) is -0.519. The molecule has 0 saturated carbocycles. The van der Waals surface area contributed by atoms with Crippen LogP contribution in [0.15, 0.2) is 65.7 Å². The molecule has 10 heteroatoms. The van der Waals surface area contributed by atoms with Crippen molar-refractivity contribution in [3.63, 3.8) is 0 Å². The summed E-state index contributed by atoms with van der Waals surface area (Å²) < 4.78 is 1.65. The maximum absolute atomic E-state index is 12.8. The Kier molecular flexibility index (Phi) is 5.30. The Bertz CT molecular complexity index is 1330. The average molecular weight is 441 g/mol. The minimum absolute atomic E-state index is 0.0317. The number of thiophene rings is 1. The minimum Gasteiger partial charge on any atom is -0.324 e. The molecule has 0 aliphatic carbocycles. The highest BCUT2D eigenvalue weighted by Gasteiger charge is 2.15. The molecule has 0 spiro atoms. The van der Waals surface area contributed by atoms with Crippen molar-refractivity contribution >= 4 is 50.4 Å². The molecule has 150 valence electrons. The number of nitrogens with one attached hydrogen (secondary N) is 1. The Labute approximate surface area is 178 Å². The van der Waals surface area contributed by atoms with E-state index in [2.05, 4.69) is 10.3 Å². The van der Waals surface area contributed by atoms with Gasteiger partial charge in [0.1, 0.15) is 16.3 Å². The largest absolute Gasteiger partial charge is 0.324 e. The van der Waals surface area contributed by atoms with E-state index in [4.69, 9.17) is 11.6 Å². The lowest BCUT2D eigenvalue weighted by molar-refractivity contribution is -0.384. The highest BCUT2D eigenvalue weighted by Crippen LogP contribution is 2.30. The van der Waals surface area contributed by atoms with Gasteiger partial charge < -0.3 is 5.32 Å². The molecular formula is C20H13ClN4O4S. The Balaban J connectivity index is 1.57. The first-order chi connectivity index (χ1) is 14.4. The fourth-order valence-corrected chi connectivity index (χ4v) is 4.14. The lowest BCUT2D eigenvalue weighted by atomic mass is 10.2. The van der Waals surface area contributed by atoms with Crippen LogP contribution in [-0.4, -0.2) is 20.4 Å². The molecule has 1 N–H and O–H groups in total. The van der Waals surface area contributed by atoms with Crippen LogP contribution < -0.4 is 10.9 Å². The van der Waals surface area contributed by atoms with E-state index in [1.165, 1.54) is 34.4 Å². The van der Waals surface area contributed by atoms with Crippen LogP contribution >= 0.6 is 22.9 Å². The smallest absolute Gasteiger partial charge is 0.289 e. The van der Waals surface area contributed by atoms with Gasteiger partial charge in [-0.25, -0.2) is 4.98 Å². The van der Waals surface area contributed by atoms with E-state index in [0.29, 0.717) is 10.2 Å². The Hall–Kier alpha value is -3.56. The molecule has 2 aromatic carbocycles. The first-order valence-corrected chi connectivity index (χ1v) is 9.90. The van der Waals surface area contributed by atoms with E-state index < -0.39 is 10.8 Å². The summed E-state index contributed by atoms with van der Waals surface area (Å²) in [7, 11) is 0.